The Hall–Kier alpha value is -4.00. The molecule has 0 saturated heterocycles. The maximum atomic E-state index is 6.44. The lowest BCUT2D eigenvalue weighted by Crippen LogP contribution is -2.07. The number of hydrogen-bond acceptors (Lipinski definition) is 5. The summed E-state index contributed by atoms with van der Waals surface area (Å²) >= 11 is 0. The Morgan fingerprint density at radius 3 is 1.97 bits per heavy atom. The molecule has 0 amide bonds. The molecule has 150 valence electrons. The number of nitrogen functional groups attached to an aromatic ring is 2. The van der Waals surface area contributed by atoms with E-state index < -0.39 is 0 Å². The van der Waals surface area contributed by atoms with Gasteiger partial charge >= 0.3 is 0 Å². The number of fused-ring (bicyclic) bond motifs is 8. The third-order valence-corrected chi connectivity index (χ3v) is 5.00. The molecular weight excluding hydrogens is 376 g/mol. The van der Waals surface area contributed by atoms with Crippen LogP contribution in [-0.2, 0) is 0 Å². The van der Waals surface area contributed by atoms with Crippen molar-refractivity contribution in [3.05, 3.63) is 59.2 Å². The van der Waals surface area contributed by atoms with Crippen molar-refractivity contribution in [2.75, 3.05) is 18.2 Å². The lowest BCUT2D eigenvalue weighted by atomic mass is 10.3. The summed E-state index contributed by atoms with van der Waals surface area (Å²) in [6.45, 7) is 2.59. The molecule has 2 aliphatic rings. The van der Waals surface area contributed by atoms with Gasteiger partial charge in [-0.05, 0) is 67.1 Å². The Kier molecular flexibility index (Phi) is 4.28. The molecule has 0 fully saturated rings. The van der Waals surface area contributed by atoms with Crippen LogP contribution in [0.4, 0.5) is 5.69 Å². The van der Waals surface area contributed by atoms with Gasteiger partial charge in [0, 0.05) is 11.0 Å². The minimum absolute atomic E-state index is 0.488. The van der Waals surface area contributed by atoms with Crippen molar-refractivity contribution in [2.45, 2.75) is 13.3 Å². The highest BCUT2D eigenvalue weighted by molar-refractivity contribution is 5.90. The largest absolute Gasteiger partial charge is 0.489 e. The van der Waals surface area contributed by atoms with Crippen molar-refractivity contribution < 1.29 is 4.74 Å². The van der Waals surface area contributed by atoms with E-state index in [4.69, 9.17) is 16.3 Å². The molecule has 0 atom stereocenters. The van der Waals surface area contributed by atoms with Crippen LogP contribution in [-0.4, -0.2) is 26.2 Å². The summed E-state index contributed by atoms with van der Waals surface area (Å²) in [5.74, 6) is 7.00. The average Bonchev–Trinajstić information content (AvgIpc) is 3.49. The number of nitrogens with two attached hydrogens (primary N) is 2. The molecule has 3 aromatic rings. The molecule has 5 rings (SSSR count). The zero-order valence-corrected chi connectivity index (χ0v) is 16.6. The smallest absolute Gasteiger partial charge is 0.170 e. The molecule has 5 N–H and O–H groups in total. The highest BCUT2D eigenvalue weighted by atomic mass is 16.5. The van der Waals surface area contributed by atoms with E-state index in [1.54, 1.807) is 4.68 Å². The highest BCUT2D eigenvalue weighted by Gasteiger charge is 2.15. The van der Waals surface area contributed by atoms with E-state index in [0.717, 1.165) is 40.2 Å². The quantitative estimate of drug-likeness (QED) is 0.395. The monoisotopic (exact) mass is 398 g/mol. The number of hydrogen-bond donors (Lipinski definition) is 3. The van der Waals surface area contributed by atoms with Crippen molar-refractivity contribution >= 4 is 52.1 Å². The zero-order chi connectivity index (χ0) is 20.7. The Labute approximate surface area is 173 Å². The fraction of sp³-hybridized carbons (Fsp3) is 0.130. The Morgan fingerprint density at radius 2 is 1.40 bits per heavy atom. The van der Waals surface area contributed by atoms with Crippen LogP contribution in [0.15, 0.2) is 36.4 Å². The van der Waals surface area contributed by atoms with Crippen LogP contribution in [0.3, 0.4) is 0 Å². The lowest BCUT2D eigenvalue weighted by molar-refractivity contribution is 0.323. The van der Waals surface area contributed by atoms with E-state index in [-0.39, 0.29) is 0 Å². The van der Waals surface area contributed by atoms with Crippen LogP contribution in [0, 0.1) is 0 Å². The molecule has 0 aliphatic carbocycles. The van der Waals surface area contributed by atoms with Gasteiger partial charge in [-0.2, -0.15) is 0 Å². The number of anilines is 1. The first-order chi connectivity index (χ1) is 14.6. The summed E-state index contributed by atoms with van der Waals surface area (Å²) in [7, 11) is 0. The maximum absolute atomic E-state index is 6.44. The molecule has 0 saturated carbocycles. The van der Waals surface area contributed by atoms with E-state index in [1.807, 2.05) is 67.6 Å². The van der Waals surface area contributed by atoms with E-state index in [9.17, 15) is 0 Å². The van der Waals surface area contributed by atoms with Gasteiger partial charge in [0.1, 0.15) is 11.2 Å². The molecule has 8 bridgehead atoms. The molecule has 7 heteroatoms. The molecular formula is C23H22N6O. The van der Waals surface area contributed by atoms with Gasteiger partial charge < -0.3 is 21.3 Å². The Bertz CT molecular complexity index is 1360. The van der Waals surface area contributed by atoms with Gasteiger partial charge in [0.25, 0.3) is 0 Å². The van der Waals surface area contributed by atoms with Gasteiger partial charge in [-0.3, -0.25) is 4.68 Å². The summed E-state index contributed by atoms with van der Waals surface area (Å²) in [6, 6.07) is 11.8. The molecule has 2 aliphatic heterocycles. The van der Waals surface area contributed by atoms with Gasteiger partial charge in [0.2, 0.25) is 0 Å². The fourth-order valence-corrected chi connectivity index (χ4v) is 3.57. The number of nitrogens with zero attached hydrogens (tertiary/aromatic N) is 3. The molecule has 0 radical (unpaired) electrons. The van der Waals surface area contributed by atoms with Crippen molar-refractivity contribution in [3.63, 3.8) is 0 Å². The van der Waals surface area contributed by atoms with E-state index in [1.165, 1.54) is 0 Å². The fourth-order valence-electron chi connectivity index (χ4n) is 3.57. The number of rotatable bonds is 3. The number of aromatic nitrogens is 4. The molecule has 3 aromatic heterocycles. The van der Waals surface area contributed by atoms with Gasteiger partial charge in [-0.25, -0.2) is 9.97 Å². The van der Waals surface area contributed by atoms with Gasteiger partial charge in [-0.1, -0.05) is 6.92 Å². The molecule has 30 heavy (non-hydrogen) atoms. The molecule has 0 spiro atoms. The molecule has 7 nitrogen and oxygen atoms in total. The second-order valence-corrected chi connectivity index (χ2v) is 7.27. The maximum Gasteiger partial charge on any atom is 0.170 e. The number of ether oxygens (including phenoxy) is 1. The molecule has 0 aromatic carbocycles. The molecule has 0 unspecified atom stereocenters. The highest BCUT2D eigenvalue weighted by Crippen LogP contribution is 2.34. The first-order valence-corrected chi connectivity index (χ1v) is 9.88. The zero-order valence-electron chi connectivity index (χ0n) is 16.6. The second-order valence-electron chi connectivity index (χ2n) is 7.27. The first kappa shape index (κ1) is 18.1. The Morgan fingerprint density at radius 1 is 0.867 bits per heavy atom. The summed E-state index contributed by atoms with van der Waals surface area (Å²) in [6.07, 6.45) is 8.67. The van der Waals surface area contributed by atoms with Crippen molar-refractivity contribution in [1.29, 1.82) is 0 Å². The number of aromatic amines is 1. The van der Waals surface area contributed by atoms with Crippen molar-refractivity contribution in [3.8, 4) is 5.75 Å². The number of nitrogens with one attached hydrogen (secondary N) is 1. The summed E-state index contributed by atoms with van der Waals surface area (Å²) in [4.78, 5) is 12.7. The SMILES string of the molecule is CCCOc1c(N)c2cc3nc(cc4ccc(cc5nc(cc1n2N)C=C5)[nH]4)C=C3. The van der Waals surface area contributed by atoms with Gasteiger partial charge in [0.05, 0.1) is 34.9 Å². The Balaban J connectivity index is 1.87. The van der Waals surface area contributed by atoms with Crippen LogP contribution >= 0.6 is 0 Å². The summed E-state index contributed by atoms with van der Waals surface area (Å²) in [5.41, 5.74) is 13.4. The van der Waals surface area contributed by atoms with Gasteiger partial charge in [-0.15, -0.1) is 0 Å². The standard InChI is InChI=1S/C23H22N6O/c1-2-9-30-23-21-13-19-8-6-17(28-19)11-15-4-3-14(26-15)10-16-5-7-18(27-16)12-20(22(23)24)29(21)25/h3-8,10-13,26H,2,9,24-25H2,1H3. The van der Waals surface area contributed by atoms with Gasteiger partial charge in [0.15, 0.2) is 5.75 Å². The molecule has 5 heterocycles. The minimum Gasteiger partial charge on any atom is -0.489 e. The van der Waals surface area contributed by atoms with Crippen molar-refractivity contribution in [1.82, 2.24) is 19.6 Å². The normalized spacial score (nSPS) is 12.4. The van der Waals surface area contributed by atoms with E-state index >= 15 is 0 Å². The third kappa shape index (κ3) is 3.20. The lowest BCUT2D eigenvalue weighted by Gasteiger charge is -2.03. The van der Waals surface area contributed by atoms with Crippen LogP contribution < -0.4 is 16.3 Å². The average molecular weight is 398 g/mol. The van der Waals surface area contributed by atoms with Crippen LogP contribution in [0.25, 0.3) is 46.4 Å². The predicted octanol–water partition coefficient (Wildman–Crippen LogP) is 4.21. The van der Waals surface area contributed by atoms with Crippen LogP contribution in [0.5, 0.6) is 5.75 Å². The minimum atomic E-state index is 0.488. The second kappa shape index (κ2) is 7.11. The van der Waals surface area contributed by atoms with Crippen LogP contribution in [0.1, 0.15) is 36.1 Å². The topological polar surface area (TPSA) is 108 Å². The first-order valence-electron chi connectivity index (χ1n) is 9.88. The summed E-state index contributed by atoms with van der Waals surface area (Å²) in [5, 5.41) is 0. The predicted molar refractivity (Wildman–Crippen MR) is 123 cm³/mol. The van der Waals surface area contributed by atoms with Crippen molar-refractivity contribution in [2.24, 2.45) is 0 Å². The van der Waals surface area contributed by atoms with E-state index in [2.05, 4.69) is 15.0 Å². The van der Waals surface area contributed by atoms with E-state index in [0.29, 0.717) is 29.1 Å². The summed E-state index contributed by atoms with van der Waals surface area (Å²) < 4.78 is 7.49. The number of H-pyrrole nitrogens is 1. The third-order valence-electron chi connectivity index (χ3n) is 5.00. The van der Waals surface area contributed by atoms with Crippen LogP contribution in [0.2, 0.25) is 0 Å².